The zero-order valence-corrected chi connectivity index (χ0v) is 12.5. The van der Waals surface area contributed by atoms with E-state index in [0.29, 0.717) is 16.3 Å². The number of nitrogens with zero attached hydrogens (tertiary/aromatic N) is 1. The van der Waals surface area contributed by atoms with Gasteiger partial charge in [0.25, 0.3) is 0 Å². The third-order valence-electron chi connectivity index (χ3n) is 3.09. The molecule has 0 spiro atoms. The average molecular weight is 314 g/mol. The molecule has 0 fully saturated rings. The Balaban J connectivity index is 1.94. The van der Waals surface area contributed by atoms with Crippen LogP contribution in [-0.4, -0.2) is 19.0 Å². The Kier molecular flexibility index (Phi) is 3.94. The second-order valence-electron chi connectivity index (χ2n) is 4.62. The van der Waals surface area contributed by atoms with Crippen LogP contribution in [0.2, 0.25) is 5.02 Å². The van der Waals surface area contributed by atoms with E-state index in [4.69, 9.17) is 21.1 Å². The van der Waals surface area contributed by atoms with Gasteiger partial charge in [0.15, 0.2) is 5.70 Å². The van der Waals surface area contributed by atoms with Crippen molar-refractivity contribution in [3.05, 3.63) is 70.4 Å². The largest absolute Gasteiger partial charge is 0.497 e. The van der Waals surface area contributed by atoms with Gasteiger partial charge in [-0.3, -0.25) is 0 Å². The van der Waals surface area contributed by atoms with E-state index < -0.39 is 5.97 Å². The Bertz CT molecular complexity index is 796. The van der Waals surface area contributed by atoms with Crippen molar-refractivity contribution in [1.82, 2.24) is 0 Å². The summed E-state index contributed by atoms with van der Waals surface area (Å²) in [6.45, 7) is 0. The van der Waals surface area contributed by atoms with Gasteiger partial charge in [0.2, 0.25) is 5.90 Å². The summed E-state index contributed by atoms with van der Waals surface area (Å²) in [5.41, 5.74) is 1.71. The van der Waals surface area contributed by atoms with Crippen molar-refractivity contribution in [3.63, 3.8) is 0 Å². The second kappa shape index (κ2) is 6.03. The van der Waals surface area contributed by atoms with Crippen LogP contribution >= 0.6 is 11.6 Å². The lowest BCUT2D eigenvalue weighted by molar-refractivity contribution is -0.129. The minimum Gasteiger partial charge on any atom is -0.497 e. The summed E-state index contributed by atoms with van der Waals surface area (Å²) in [7, 11) is 1.58. The molecule has 0 aliphatic carbocycles. The Hall–Kier alpha value is -2.59. The molecule has 0 saturated heterocycles. The lowest BCUT2D eigenvalue weighted by atomic mass is 10.2. The van der Waals surface area contributed by atoms with Gasteiger partial charge in [-0.1, -0.05) is 29.8 Å². The molecule has 1 heterocycles. The Labute approximate surface area is 132 Å². The van der Waals surface area contributed by atoms with E-state index in [-0.39, 0.29) is 11.6 Å². The van der Waals surface area contributed by atoms with E-state index in [0.717, 1.165) is 5.56 Å². The van der Waals surface area contributed by atoms with Crippen LogP contribution < -0.4 is 4.74 Å². The number of ether oxygens (including phenoxy) is 2. The van der Waals surface area contributed by atoms with Gasteiger partial charge in [-0.05, 0) is 42.0 Å². The Morgan fingerprint density at radius 3 is 2.77 bits per heavy atom. The van der Waals surface area contributed by atoms with Crippen molar-refractivity contribution in [2.45, 2.75) is 0 Å². The van der Waals surface area contributed by atoms with E-state index in [2.05, 4.69) is 4.99 Å². The predicted molar refractivity (Wildman–Crippen MR) is 85.1 cm³/mol. The normalized spacial score (nSPS) is 15.6. The fraction of sp³-hybridized carbons (Fsp3) is 0.0588. The third kappa shape index (κ3) is 3.02. The molecule has 0 bridgehead atoms. The van der Waals surface area contributed by atoms with Crippen molar-refractivity contribution >= 4 is 29.5 Å². The maximum absolute atomic E-state index is 11.9. The van der Waals surface area contributed by atoms with Gasteiger partial charge in [-0.25, -0.2) is 9.79 Å². The molecule has 0 aromatic heterocycles. The highest BCUT2D eigenvalue weighted by atomic mass is 35.5. The predicted octanol–water partition coefficient (Wildman–Crippen LogP) is 3.69. The molecule has 0 atom stereocenters. The lowest BCUT2D eigenvalue weighted by Gasteiger charge is -2.02. The summed E-state index contributed by atoms with van der Waals surface area (Å²) in [6, 6.07) is 14.3. The first-order valence-electron chi connectivity index (χ1n) is 6.58. The van der Waals surface area contributed by atoms with Crippen LogP contribution in [0.3, 0.4) is 0 Å². The first-order chi connectivity index (χ1) is 10.7. The van der Waals surface area contributed by atoms with Crippen molar-refractivity contribution < 1.29 is 14.3 Å². The van der Waals surface area contributed by atoms with Gasteiger partial charge < -0.3 is 9.47 Å². The fourth-order valence-electron chi connectivity index (χ4n) is 2.04. The molecule has 22 heavy (non-hydrogen) atoms. The van der Waals surface area contributed by atoms with E-state index in [9.17, 15) is 4.79 Å². The van der Waals surface area contributed by atoms with Gasteiger partial charge in [-0.2, -0.15) is 0 Å². The number of carbonyl (C=O) groups is 1. The molecular weight excluding hydrogens is 302 g/mol. The van der Waals surface area contributed by atoms with Crippen molar-refractivity contribution in [2.75, 3.05) is 7.11 Å². The maximum Gasteiger partial charge on any atom is 0.363 e. The number of cyclic esters (lactones) is 1. The van der Waals surface area contributed by atoms with Crippen LogP contribution in [0.1, 0.15) is 11.1 Å². The number of hydrogen-bond acceptors (Lipinski definition) is 4. The summed E-state index contributed by atoms with van der Waals surface area (Å²) in [6.07, 6.45) is 1.64. The number of hydrogen-bond donors (Lipinski definition) is 0. The molecule has 0 amide bonds. The molecule has 0 unspecified atom stereocenters. The summed E-state index contributed by atoms with van der Waals surface area (Å²) in [5.74, 6) is 0.443. The molecule has 0 radical (unpaired) electrons. The van der Waals surface area contributed by atoms with Crippen LogP contribution in [-0.2, 0) is 9.53 Å². The minimum absolute atomic E-state index is 0.236. The topological polar surface area (TPSA) is 47.9 Å². The zero-order valence-electron chi connectivity index (χ0n) is 11.7. The molecule has 0 N–H and O–H groups in total. The first kappa shape index (κ1) is 14.4. The molecule has 1 aliphatic heterocycles. The zero-order chi connectivity index (χ0) is 15.5. The molecular formula is C17H12ClNO3. The minimum atomic E-state index is -0.488. The van der Waals surface area contributed by atoms with Crippen LogP contribution in [0.5, 0.6) is 5.75 Å². The summed E-state index contributed by atoms with van der Waals surface area (Å²) >= 11 is 5.93. The van der Waals surface area contributed by atoms with Crippen LogP contribution in [0, 0.1) is 0 Å². The number of rotatable bonds is 3. The fourth-order valence-corrected chi connectivity index (χ4v) is 2.24. The average Bonchev–Trinajstić information content (AvgIpc) is 2.88. The highest BCUT2D eigenvalue weighted by Gasteiger charge is 2.24. The van der Waals surface area contributed by atoms with Crippen molar-refractivity contribution in [1.29, 1.82) is 0 Å². The highest BCUT2D eigenvalue weighted by molar-refractivity contribution is 6.30. The number of aliphatic imine (C=N–C) groups is 1. The first-order valence-corrected chi connectivity index (χ1v) is 6.96. The monoisotopic (exact) mass is 313 g/mol. The number of halogens is 1. The van der Waals surface area contributed by atoms with E-state index >= 15 is 0 Å². The maximum atomic E-state index is 11.9. The third-order valence-corrected chi connectivity index (χ3v) is 3.32. The standard InChI is InChI=1S/C17H12ClNO3/c1-21-14-7-3-5-12(10-14)16-19-15(17(20)22-16)9-11-4-2-6-13(18)8-11/h2-10H,1H3. The van der Waals surface area contributed by atoms with E-state index in [1.807, 2.05) is 24.3 Å². The summed E-state index contributed by atoms with van der Waals surface area (Å²) in [5, 5.41) is 0.595. The van der Waals surface area contributed by atoms with Crippen LogP contribution in [0.4, 0.5) is 0 Å². The molecule has 1 aliphatic rings. The number of methoxy groups -OCH3 is 1. The van der Waals surface area contributed by atoms with E-state index in [1.165, 1.54) is 0 Å². The van der Waals surface area contributed by atoms with Crippen molar-refractivity contribution in [3.8, 4) is 5.75 Å². The summed E-state index contributed by atoms with van der Waals surface area (Å²) < 4.78 is 10.4. The molecule has 3 rings (SSSR count). The highest BCUT2D eigenvalue weighted by Crippen LogP contribution is 2.22. The number of esters is 1. The molecule has 0 saturated carbocycles. The Morgan fingerprint density at radius 2 is 2.00 bits per heavy atom. The van der Waals surface area contributed by atoms with Gasteiger partial charge in [-0.15, -0.1) is 0 Å². The second-order valence-corrected chi connectivity index (χ2v) is 5.06. The SMILES string of the molecule is COc1cccc(C2=NC(=Cc3cccc(Cl)c3)C(=O)O2)c1. The number of benzene rings is 2. The Morgan fingerprint density at radius 1 is 1.18 bits per heavy atom. The number of carbonyl (C=O) groups excluding carboxylic acids is 1. The quantitative estimate of drug-likeness (QED) is 0.641. The summed E-state index contributed by atoms with van der Waals surface area (Å²) in [4.78, 5) is 16.2. The molecule has 2 aromatic rings. The van der Waals surface area contributed by atoms with Crippen molar-refractivity contribution in [2.24, 2.45) is 4.99 Å². The lowest BCUT2D eigenvalue weighted by Crippen LogP contribution is -2.05. The molecule has 5 heteroatoms. The van der Waals surface area contributed by atoms with Gasteiger partial charge in [0, 0.05) is 10.6 Å². The molecule has 110 valence electrons. The van der Waals surface area contributed by atoms with Crippen LogP contribution in [0.25, 0.3) is 6.08 Å². The van der Waals surface area contributed by atoms with Gasteiger partial charge in [0.1, 0.15) is 5.75 Å². The smallest absolute Gasteiger partial charge is 0.363 e. The molecule has 4 nitrogen and oxygen atoms in total. The molecule has 2 aromatic carbocycles. The van der Waals surface area contributed by atoms with Crippen LogP contribution in [0.15, 0.2) is 59.2 Å². The van der Waals surface area contributed by atoms with E-state index in [1.54, 1.807) is 37.5 Å². The van der Waals surface area contributed by atoms with Gasteiger partial charge in [0.05, 0.1) is 7.11 Å². The van der Waals surface area contributed by atoms with Gasteiger partial charge >= 0.3 is 5.97 Å².